The standard InChI is InChI=1S/C40H44F3N7O5/c1-39(2,3)55-38(51)50-25-7-8-26(50)20-47(19-25)36-34-31(45-37(46-36)53-21-40-10-5-12-48(40)18-24(41)17-40)16-29(35-44-11-13-49(34)35)28-15-27(54-22-52-4)14-23-6-9-30(42)33(43)32(23)28/h6,9,11,13-16,24-26H,5,7-8,10,12,17-22H2,1-4H3/t24-,25-,26+,40+/m1/s1. The molecule has 0 aliphatic carbocycles. The molecule has 0 unspecified atom stereocenters. The maximum absolute atomic E-state index is 15.8. The Hall–Kier alpha value is -4.89. The molecule has 4 aliphatic rings. The van der Waals surface area contributed by atoms with Crippen molar-refractivity contribution < 1.29 is 36.9 Å². The van der Waals surface area contributed by atoms with Gasteiger partial charge in [0.1, 0.15) is 35.3 Å². The van der Waals surface area contributed by atoms with Crippen LogP contribution in [0.4, 0.5) is 23.8 Å². The summed E-state index contributed by atoms with van der Waals surface area (Å²) in [6.07, 6.45) is 5.99. The zero-order valence-electron chi connectivity index (χ0n) is 31.4. The van der Waals surface area contributed by atoms with E-state index in [0.717, 1.165) is 38.3 Å². The zero-order chi connectivity index (χ0) is 38.2. The van der Waals surface area contributed by atoms with E-state index in [1.54, 1.807) is 30.6 Å². The number of methoxy groups -OCH3 is 1. The van der Waals surface area contributed by atoms with Crippen molar-refractivity contribution in [2.75, 3.05) is 51.6 Å². The molecule has 7 heterocycles. The summed E-state index contributed by atoms with van der Waals surface area (Å²) in [7, 11) is 1.50. The SMILES string of the molecule is COCOc1cc(-c2cc3nc(OC[C@@]45CCCN4C[C@H](F)C5)nc(N4C[C@H]5CC[C@@H](C4)N5C(=O)OC(C)(C)C)c3n3ccnc23)c2c(F)c(F)ccc2c1. The Balaban J connectivity index is 1.19. The number of pyridine rings is 1. The highest BCUT2D eigenvalue weighted by atomic mass is 19.2. The predicted octanol–water partition coefficient (Wildman–Crippen LogP) is 6.90. The second kappa shape index (κ2) is 13.4. The number of amides is 1. The number of hydrogen-bond acceptors (Lipinski definition) is 10. The molecule has 12 nitrogen and oxygen atoms in total. The van der Waals surface area contributed by atoms with E-state index in [1.807, 2.05) is 30.1 Å². The number of carbonyl (C=O) groups excluding carboxylic acids is 1. The van der Waals surface area contributed by atoms with Crippen molar-refractivity contribution in [3.05, 3.63) is 54.4 Å². The molecule has 1 amide bonds. The Labute approximate surface area is 316 Å². The van der Waals surface area contributed by atoms with Gasteiger partial charge in [0.05, 0.1) is 23.1 Å². The molecule has 0 N–H and O–H groups in total. The van der Waals surface area contributed by atoms with Gasteiger partial charge in [-0.05, 0) is 82.7 Å². The summed E-state index contributed by atoms with van der Waals surface area (Å²) in [4.78, 5) is 34.3. The molecule has 0 spiro atoms. The van der Waals surface area contributed by atoms with Crippen LogP contribution >= 0.6 is 0 Å². The molecule has 4 saturated heterocycles. The van der Waals surface area contributed by atoms with Crippen LogP contribution in [0.5, 0.6) is 11.8 Å². The summed E-state index contributed by atoms with van der Waals surface area (Å²) in [5, 5.41) is 0.498. The Morgan fingerprint density at radius 3 is 2.58 bits per heavy atom. The number of aromatic nitrogens is 4. The highest BCUT2D eigenvalue weighted by Crippen LogP contribution is 2.43. The molecule has 5 aromatic rings. The topological polar surface area (TPSA) is 107 Å². The number of imidazole rings is 1. The second-order valence-electron chi connectivity index (χ2n) is 16.3. The number of anilines is 1. The molecule has 2 bridgehead atoms. The number of rotatable bonds is 8. The van der Waals surface area contributed by atoms with Crippen molar-refractivity contribution in [1.82, 2.24) is 29.2 Å². The van der Waals surface area contributed by atoms with Crippen molar-refractivity contribution in [3.8, 4) is 22.9 Å². The first-order chi connectivity index (χ1) is 26.4. The molecule has 0 saturated carbocycles. The minimum absolute atomic E-state index is 0.0479. The highest BCUT2D eigenvalue weighted by Gasteiger charge is 2.50. The summed E-state index contributed by atoms with van der Waals surface area (Å²) < 4.78 is 70.5. The van der Waals surface area contributed by atoms with Crippen LogP contribution in [0.15, 0.2) is 42.7 Å². The van der Waals surface area contributed by atoms with E-state index in [4.69, 9.17) is 33.9 Å². The van der Waals surface area contributed by atoms with Crippen LogP contribution in [-0.2, 0) is 9.47 Å². The van der Waals surface area contributed by atoms with Crippen LogP contribution in [0.2, 0.25) is 0 Å². The average Bonchev–Trinajstić information content (AvgIpc) is 3.91. The molecule has 290 valence electrons. The molecule has 15 heteroatoms. The molecule has 4 atom stereocenters. The fourth-order valence-electron chi connectivity index (χ4n) is 9.27. The van der Waals surface area contributed by atoms with Crippen LogP contribution in [0.1, 0.15) is 52.9 Å². The first-order valence-corrected chi connectivity index (χ1v) is 18.9. The second-order valence-corrected chi connectivity index (χ2v) is 16.3. The van der Waals surface area contributed by atoms with Gasteiger partial charge in [0.15, 0.2) is 24.2 Å². The number of carbonyl (C=O) groups is 1. The zero-order valence-corrected chi connectivity index (χ0v) is 31.4. The molecule has 4 aliphatic heterocycles. The molecular formula is C40H44F3N7O5. The molecule has 2 aromatic carbocycles. The fourth-order valence-corrected chi connectivity index (χ4v) is 9.27. The minimum atomic E-state index is -0.996. The lowest BCUT2D eigenvalue weighted by molar-refractivity contribution is 0.0122. The van der Waals surface area contributed by atoms with E-state index in [1.165, 1.54) is 13.2 Å². The summed E-state index contributed by atoms with van der Waals surface area (Å²) >= 11 is 0. The lowest BCUT2D eigenvalue weighted by Crippen LogP contribution is -2.57. The van der Waals surface area contributed by atoms with Gasteiger partial charge in [0.2, 0.25) is 0 Å². The van der Waals surface area contributed by atoms with Crippen LogP contribution < -0.4 is 14.4 Å². The quantitative estimate of drug-likeness (QED) is 0.155. The van der Waals surface area contributed by atoms with Gasteiger partial charge in [-0.15, -0.1) is 0 Å². The third-order valence-electron chi connectivity index (χ3n) is 11.5. The van der Waals surface area contributed by atoms with Gasteiger partial charge in [-0.1, -0.05) is 6.07 Å². The van der Waals surface area contributed by atoms with Crippen LogP contribution in [-0.4, -0.2) is 111 Å². The number of nitrogens with zero attached hydrogens (tertiary/aromatic N) is 7. The van der Waals surface area contributed by atoms with Crippen molar-refractivity contribution in [2.24, 2.45) is 0 Å². The van der Waals surface area contributed by atoms with E-state index >= 15 is 4.39 Å². The van der Waals surface area contributed by atoms with Crippen molar-refractivity contribution in [2.45, 2.75) is 82.3 Å². The molecular weight excluding hydrogens is 715 g/mol. The Morgan fingerprint density at radius 1 is 1.02 bits per heavy atom. The Bertz CT molecular complexity index is 2300. The van der Waals surface area contributed by atoms with Crippen molar-refractivity contribution in [3.63, 3.8) is 0 Å². The largest absolute Gasteiger partial charge is 0.468 e. The monoisotopic (exact) mass is 759 g/mol. The summed E-state index contributed by atoms with van der Waals surface area (Å²) in [6, 6.07) is 7.59. The summed E-state index contributed by atoms with van der Waals surface area (Å²) in [6.45, 7) is 7.96. The smallest absolute Gasteiger partial charge is 0.410 e. The minimum Gasteiger partial charge on any atom is -0.468 e. The molecule has 55 heavy (non-hydrogen) atoms. The van der Waals surface area contributed by atoms with Gasteiger partial charge in [-0.3, -0.25) is 14.2 Å². The number of benzene rings is 2. The van der Waals surface area contributed by atoms with E-state index < -0.39 is 28.9 Å². The third kappa shape index (κ3) is 6.24. The number of hydrogen-bond donors (Lipinski definition) is 0. The summed E-state index contributed by atoms with van der Waals surface area (Å²) in [5.74, 6) is -0.994. The number of ether oxygens (including phenoxy) is 4. The van der Waals surface area contributed by atoms with Crippen LogP contribution in [0, 0.1) is 11.6 Å². The van der Waals surface area contributed by atoms with Gasteiger partial charge < -0.3 is 23.8 Å². The van der Waals surface area contributed by atoms with Gasteiger partial charge in [-0.2, -0.15) is 9.97 Å². The molecule has 3 aromatic heterocycles. The lowest BCUT2D eigenvalue weighted by Gasteiger charge is -2.42. The maximum atomic E-state index is 15.8. The molecule has 0 radical (unpaired) electrons. The number of alkyl halides is 1. The van der Waals surface area contributed by atoms with E-state index in [-0.39, 0.29) is 43.0 Å². The maximum Gasteiger partial charge on any atom is 0.410 e. The van der Waals surface area contributed by atoms with E-state index in [9.17, 15) is 13.6 Å². The number of fused-ring (bicyclic) bond motifs is 7. The lowest BCUT2D eigenvalue weighted by atomic mass is 9.95. The predicted molar refractivity (Wildman–Crippen MR) is 199 cm³/mol. The van der Waals surface area contributed by atoms with Crippen LogP contribution in [0.3, 0.4) is 0 Å². The summed E-state index contributed by atoms with van der Waals surface area (Å²) in [5.41, 5.74) is 1.36. The number of halogens is 3. The first kappa shape index (κ1) is 35.8. The highest BCUT2D eigenvalue weighted by molar-refractivity contribution is 6.04. The molecule has 9 rings (SSSR count). The van der Waals surface area contributed by atoms with Crippen LogP contribution in [0.25, 0.3) is 38.6 Å². The first-order valence-electron chi connectivity index (χ1n) is 18.9. The average molecular weight is 760 g/mol. The van der Waals surface area contributed by atoms with Crippen molar-refractivity contribution in [1.29, 1.82) is 0 Å². The van der Waals surface area contributed by atoms with E-state index in [0.29, 0.717) is 70.8 Å². The van der Waals surface area contributed by atoms with Gasteiger partial charge in [0.25, 0.3) is 0 Å². The van der Waals surface area contributed by atoms with Gasteiger partial charge in [0, 0.05) is 62.1 Å². The molecule has 4 fully saturated rings. The van der Waals surface area contributed by atoms with Gasteiger partial charge in [-0.25, -0.2) is 22.9 Å². The third-order valence-corrected chi connectivity index (χ3v) is 11.5. The van der Waals surface area contributed by atoms with Gasteiger partial charge >= 0.3 is 12.1 Å². The Morgan fingerprint density at radius 2 is 1.82 bits per heavy atom. The fraction of sp³-hybridized carbons (Fsp3) is 0.500. The van der Waals surface area contributed by atoms with E-state index in [2.05, 4.69) is 9.80 Å². The number of piperazine rings is 1. The van der Waals surface area contributed by atoms with Crippen molar-refractivity contribution >= 4 is 39.4 Å². The normalized spacial score (nSPS) is 24.0. The Kier molecular flexibility index (Phi) is 8.72.